The fourth-order valence-electron chi connectivity index (χ4n) is 4.56. The maximum atomic E-state index is 15.0. The van der Waals surface area contributed by atoms with Crippen molar-refractivity contribution in [1.29, 1.82) is 0 Å². The van der Waals surface area contributed by atoms with Gasteiger partial charge in [0.05, 0.1) is 11.2 Å². The lowest BCUT2D eigenvalue weighted by Gasteiger charge is -2.14. The van der Waals surface area contributed by atoms with Gasteiger partial charge in [-0.1, -0.05) is 26.0 Å². The SMILES string of the molecule is C=CCC1(Sn2c(=O)n(-c3ccc(C)cc3F)c3c(C)c(=O)n4c(c32)CCC4)CC1.CC. The summed E-state index contributed by atoms with van der Waals surface area (Å²) >= 11 is 1.52. The zero-order chi connectivity index (χ0) is 23.2. The molecule has 7 heteroatoms. The molecule has 1 aliphatic heterocycles. The van der Waals surface area contributed by atoms with Crippen LogP contribution in [0, 0.1) is 19.7 Å². The van der Waals surface area contributed by atoms with Crippen LogP contribution in [0.3, 0.4) is 0 Å². The minimum Gasteiger partial charge on any atom is -0.310 e. The van der Waals surface area contributed by atoms with E-state index in [2.05, 4.69) is 6.58 Å². The van der Waals surface area contributed by atoms with Crippen molar-refractivity contribution in [2.45, 2.75) is 71.1 Å². The fourth-order valence-corrected chi connectivity index (χ4v) is 5.87. The van der Waals surface area contributed by atoms with E-state index in [0.717, 1.165) is 48.9 Å². The number of fused-ring (bicyclic) bond motifs is 3. The second-order valence-corrected chi connectivity index (χ2v) is 9.88. The standard InChI is InChI=1S/C23H24FN3O2S.C2H6/c1-4-9-23(10-11-23)30-27-20-18-6-5-12-25(18)21(28)15(3)19(20)26(22(27)29)17-8-7-14(2)13-16(17)24;1-2/h4,7-8,13H,1,5-6,9-12H2,2-3H3;1-2H3. The number of pyridine rings is 1. The van der Waals surface area contributed by atoms with E-state index in [1.807, 2.05) is 26.8 Å². The van der Waals surface area contributed by atoms with Crippen molar-refractivity contribution in [2.24, 2.45) is 0 Å². The first kappa shape index (κ1) is 22.6. The van der Waals surface area contributed by atoms with Gasteiger partial charge in [0.2, 0.25) is 0 Å². The number of rotatable bonds is 5. The average Bonchev–Trinajstić information content (AvgIpc) is 3.24. The molecule has 0 bridgehead atoms. The summed E-state index contributed by atoms with van der Waals surface area (Å²) in [5, 5.41) is 0. The molecule has 0 spiro atoms. The molecule has 3 heterocycles. The van der Waals surface area contributed by atoms with Gasteiger partial charge in [-0.15, -0.1) is 6.58 Å². The molecule has 1 fully saturated rings. The van der Waals surface area contributed by atoms with Crippen LogP contribution in [-0.2, 0) is 13.0 Å². The second kappa shape index (κ2) is 8.43. The molecule has 2 aromatic heterocycles. The highest BCUT2D eigenvalue weighted by molar-refractivity contribution is 7.99. The van der Waals surface area contributed by atoms with Crippen LogP contribution in [0.4, 0.5) is 4.39 Å². The first-order chi connectivity index (χ1) is 15.4. The zero-order valence-corrected chi connectivity index (χ0v) is 20.0. The molecule has 1 aromatic carbocycles. The number of aromatic nitrogens is 3. The van der Waals surface area contributed by atoms with Gasteiger partial charge in [0, 0.05) is 22.5 Å². The Morgan fingerprint density at radius 3 is 2.53 bits per heavy atom. The summed E-state index contributed by atoms with van der Waals surface area (Å²) in [7, 11) is 0. The fraction of sp³-hybridized carbons (Fsp3) is 0.440. The van der Waals surface area contributed by atoms with Crippen molar-refractivity contribution in [3.8, 4) is 5.69 Å². The highest BCUT2D eigenvalue weighted by Gasteiger charge is 2.44. The molecule has 0 N–H and O–H groups in total. The lowest BCUT2D eigenvalue weighted by Crippen LogP contribution is -2.23. The van der Waals surface area contributed by atoms with Crippen molar-refractivity contribution < 1.29 is 4.39 Å². The Labute approximate surface area is 191 Å². The Bertz CT molecular complexity index is 1330. The summed E-state index contributed by atoms with van der Waals surface area (Å²) in [6, 6.07) is 4.84. The van der Waals surface area contributed by atoms with Crippen molar-refractivity contribution in [2.75, 3.05) is 0 Å². The van der Waals surface area contributed by atoms with Crippen molar-refractivity contribution >= 4 is 23.0 Å². The summed E-state index contributed by atoms with van der Waals surface area (Å²) in [6.45, 7) is 12.1. The lowest BCUT2D eigenvalue weighted by atomic mass is 10.1. The molecule has 5 nitrogen and oxygen atoms in total. The zero-order valence-electron chi connectivity index (χ0n) is 19.2. The van der Waals surface area contributed by atoms with Gasteiger partial charge in [-0.05, 0) is 75.6 Å². The molecule has 1 aliphatic carbocycles. The molecule has 0 radical (unpaired) electrons. The Kier molecular flexibility index (Phi) is 5.96. The summed E-state index contributed by atoms with van der Waals surface area (Å²) in [6.07, 6.45) is 6.33. The van der Waals surface area contributed by atoms with Crippen LogP contribution in [0.25, 0.3) is 16.7 Å². The Morgan fingerprint density at radius 2 is 1.91 bits per heavy atom. The lowest BCUT2D eigenvalue weighted by molar-refractivity contribution is 0.616. The quantitative estimate of drug-likeness (QED) is 0.492. The Morgan fingerprint density at radius 1 is 1.19 bits per heavy atom. The molecule has 170 valence electrons. The summed E-state index contributed by atoms with van der Waals surface area (Å²) in [5.41, 5.74) is 3.23. The van der Waals surface area contributed by atoms with Crippen LogP contribution in [0.2, 0.25) is 0 Å². The van der Waals surface area contributed by atoms with E-state index < -0.39 is 5.82 Å². The largest absolute Gasteiger partial charge is 0.344 e. The van der Waals surface area contributed by atoms with Crippen molar-refractivity contribution in [3.63, 3.8) is 0 Å². The van der Waals surface area contributed by atoms with Gasteiger partial charge < -0.3 is 4.57 Å². The predicted molar refractivity (Wildman–Crippen MR) is 131 cm³/mol. The van der Waals surface area contributed by atoms with Gasteiger partial charge in [0.15, 0.2) is 0 Å². The third kappa shape index (κ3) is 3.47. The van der Waals surface area contributed by atoms with Gasteiger partial charge >= 0.3 is 5.69 Å². The summed E-state index contributed by atoms with van der Waals surface area (Å²) in [4.78, 5) is 26.7. The minimum absolute atomic E-state index is 0.0449. The minimum atomic E-state index is -0.464. The van der Waals surface area contributed by atoms with Crippen LogP contribution in [0.15, 0.2) is 40.4 Å². The van der Waals surface area contributed by atoms with Gasteiger partial charge in [-0.2, -0.15) is 0 Å². The second-order valence-electron chi connectivity index (χ2n) is 8.46. The average molecular weight is 456 g/mol. The highest BCUT2D eigenvalue weighted by Crippen LogP contribution is 2.52. The van der Waals surface area contributed by atoms with Crippen molar-refractivity contribution in [1.82, 2.24) is 13.1 Å². The van der Waals surface area contributed by atoms with Gasteiger partial charge in [-0.3, -0.25) is 9.36 Å². The molecular weight excluding hydrogens is 425 g/mol. The van der Waals surface area contributed by atoms with Gasteiger partial charge in [0.1, 0.15) is 11.3 Å². The van der Waals surface area contributed by atoms with Gasteiger partial charge in [0.25, 0.3) is 5.56 Å². The number of halogens is 1. The van der Waals surface area contributed by atoms with Crippen LogP contribution < -0.4 is 11.2 Å². The maximum absolute atomic E-state index is 15.0. The van der Waals surface area contributed by atoms with E-state index in [1.54, 1.807) is 27.6 Å². The first-order valence-corrected chi connectivity index (χ1v) is 12.1. The Balaban J connectivity index is 0.00000119. The third-order valence-electron chi connectivity index (χ3n) is 6.28. The van der Waals surface area contributed by atoms with E-state index in [4.69, 9.17) is 0 Å². The van der Waals surface area contributed by atoms with Crippen LogP contribution >= 0.6 is 11.9 Å². The third-order valence-corrected chi connectivity index (χ3v) is 7.77. The monoisotopic (exact) mass is 455 g/mol. The number of nitrogens with zero attached hydrogens (tertiary/aromatic N) is 3. The van der Waals surface area contributed by atoms with Crippen LogP contribution in [0.1, 0.15) is 56.4 Å². The maximum Gasteiger partial charge on any atom is 0.344 e. The molecule has 0 atom stereocenters. The normalized spacial score (nSPS) is 15.9. The number of allylic oxidation sites excluding steroid dienone is 1. The van der Waals surface area contributed by atoms with E-state index >= 15 is 0 Å². The number of imidazole rings is 1. The molecule has 32 heavy (non-hydrogen) atoms. The molecule has 0 saturated heterocycles. The van der Waals surface area contributed by atoms with Crippen LogP contribution in [0.5, 0.6) is 0 Å². The van der Waals surface area contributed by atoms with E-state index in [9.17, 15) is 14.0 Å². The molecule has 5 rings (SSSR count). The topological polar surface area (TPSA) is 48.9 Å². The molecule has 0 unspecified atom stereocenters. The number of hydrogen-bond acceptors (Lipinski definition) is 3. The first-order valence-electron chi connectivity index (χ1n) is 11.3. The number of hydrogen-bond donors (Lipinski definition) is 0. The summed E-state index contributed by atoms with van der Waals surface area (Å²) in [5.74, 6) is -0.464. The number of aryl methyl sites for hydroxylation is 3. The molecule has 1 saturated carbocycles. The molecule has 0 amide bonds. The molecule has 3 aromatic rings. The number of benzene rings is 1. The van der Waals surface area contributed by atoms with Gasteiger partial charge in [-0.25, -0.2) is 13.2 Å². The molecular formula is C25H30FN3O2S. The van der Waals surface area contributed by atoms with E-state index in [-0.39, 0.29) is 21.7 Å². The van der Waals surface area contributed by atoms with Crippen LogP contribution in [-0.4, -0.2) is 17.9 Å². The predicted octanol–water partition coefficient (Wildman–Crippen LogP) is 5.29. The smallest absolute Gasteiger partial charge is 0.310 e. The van der Waals surface area contributed by atoms with E-state index in [0.29, 0.717) is 17.6 Å². The van der Waals surface area contributed by atoms with Crippen molar-refractivity contribution in [3.05, 3.63) is 74.3 Å². The summed E-state index contributed by atoms with van der Waals surface area (Å²) < 4.78 is 19.8. The van der Waals surface area contributed by atoms with E-state index in [1.165, 1.54) is 22.6 Å². The highest BCUT2D eigenvalue weighted by atomic mass is 32.2. The Hall–Kier alpha value is -2.54. The molecule has 2 aliphatic rings.